The molecule has 0 aromatic rings. The summed E-state index contributed by atoms with van der Waals surface area (Å²) in [5, 5.41) is 5.21. The molecule has 0 aliphatic rings. The Morgan fingerprint density at radius 2 is 1.69 bits per heavy atom. The Balaban J connectivity index is 3.08. The summed E-state index contributed by atoms with van der Waals surface area (Å²) in [6, 6.07) is 0. The molecule has 0 fully saturated rings. The number of amides is 2. The molecule has 0 atom stereocenters. The van der Waals surface area contributed by atoms with Crippen molar-refractivity contribution in [2.75, 3.05) is 20.2 Å². The van der Waals surface area contributed by atoms with E-state index in [1.54, 1.807) is 0 Å². The molecule has 5 nitrogen and oxygen atoms in total. The van der Waals surface area contributed by atoms with Gasteiger partial charge in [-0.1, -0.05) is 0 Å². The molecule has 5 heteroatoms. The van der Waals surface area contributed by atoms with Gasteiger partial charge < -0.3 is 15.4 Å². The number of carbonyl (C=O) groups excluding carboxylic acids is 2. The lowest BCUT2D eigenvalue weighted by Crippen LogP contribution is -2.26. The molecular weight excluding hydrogens is 172 g/mol. The number of methoxy groups -OCH3 is 1. The summed E-state index contributed by atoms with van der Waals surface area (Å²) in [4.78, 5) is 21.0. The van der Waals surface area contributed by atoms with Gasteiger partial charge in [0.05, 0.1) is 7.11 Å². The van der Waals surface area contributed by atoms with E-state index in [-0.39, 0.29) is 5.91 Å². The molecule has 13 heavy (non-hydrogen) atoms. The maximum atomic E-state index is 10.5. The van der Waals surface area contributed by atoms with E-state index in [1.807, 2.05) is 0 Å². The Hall–Kier alpha value is -1.26. The topological polar surface area (TPSA) is 67.4 Å². The lowest BCUT2D eigenvalue weighted by atomic mass is 10.3. The van der Waals surface area contributed by atoms with Gasteiger partial charge in [-0.15, -0.1) is 0 Å². The molecule has 0 rings (SSSR count). The fourth-order valence-corrected chi connectivity index (χ4v) is 0.777. The maximum absolute atomic E-state index is 10.5. The van der Waals surface area contributed by atoms with Crippen molar-refractivity contribution in [3.05, 3.63) is 0 Å². The molecule has 0 heterocycles. The highest BCUT2D eigenvalue weighted by atomic mass is 16.5. The second-order valence-electron chi connectivity index (χ2n) is 2.61. The quantitative estimate of drug-likeness (QED) is 0.608. The van der Waals surface area contributed by atoms with Crippen LogP contribution in [0.5, 0.6) is 0 Å². The van der Waals surface area contributed by atoms with Crippen LogP contribution < -0.4 is 10.6 Å². The van der Waals surface area contributed by atoms with E-state index in [4.69, 9.17) is 0 Å². The number of alkyl carbamates (subject to hydrolysis) is 1. The van der Waals surface area contributed by atoms with Crippen molar-refractivity contribution in [1.29, 1.82) is 0 Å². The van der Waals surface area contributed by atoms with Gasteiger partial charge in [-0.25, -0.2) is 4.79 Å². The smallest absolute Gasteiger partial charge is 0.406 e. The molecule has 0 saturated heterocycles. The Kier molecular flexibility index (Phi) is 6.68. The molecule has 0 unspecified atom stereocenters. The largest absolute Gasteiger partial charge is 0.453 e. The minimum absolute atomic E-state index is 0.0269. The molecule has 0 spiro atoms. The van der Waals surface area contributed by atoms with Crippen LogP contribution >= 0.6 is 0 Å². The Morgan fingerprint density at radius 1 is 1.15 bits per heavy atom. The van der Waals surface area contributed by atoms with Gasteiger partial charge in [0.25, 0.3) is 0 Å². The van der Waals surface area contributed by atoms with Crippen LogP contribution in [0, 0.1) is 0 Å². The summed E-state index contributed by atoms with van der Waals surface area (Å²) in [5.41, 5.74) is 0. The zero-order valence-corrected chi connectivity index (χ0v) is 8.05. The number of nitrogens with one attached hydrogen (secondary N) is 2. The van der Waals surface area contributed by atoms with Crippen LogP contribution in [0.3, 0.4) is 0 Å². The van der Waals surface area contributed by atoms with Crippen molar-refractivity contribution in [3.63, 3.8) is 0 Å². The second kappa shape index (κ2) is 7.39. The molecule has 0 aromatic carbocycles. The summed E-state index contributed by atoms with van der Waals surface area (Å²) < 4.78 is 4.38. The number of unbranched alkanes of at least 4 members (excludes halogenated alkanes) is 1. The van der Waals surface area contributed by atoms with Crippen LogP contribution in [-0.4, -0.2) is 32.2 Å². The summed E-state index contributed by atoms with van der Waals surface area (Å²) >= 11 is 0. The van der Waals surface area contributed by atoms with E-state index in [9.17, 15) is 9.59 Å². The number of rotatable bonds is 5. The number of ether oxygens (including phenoxy) is 1. The molecular formula is C8H16N2O3. The lowest BCUT2D eigenvalue weighted by molar-refractivity contribution is -0.118. The standard InChI is InChI=1S/C8H16N2O3/c1-7(11)9-5-3-4-6-10-8(12)13-2/h3-6H2,1-2H3,(H,9,11)(H,10,12). The number of carbonyl (C=O) groups is 2. The van der Waals surface area contributed by atoms with Gasteiger partial charge in [-0.05, 0) is 12.8 Å². The molecule has 2 amide bonds. The highest BCUT2D eigenvalue weighted by Gasteiger charge is 1.96. The molecule has 0 bridgehead atoms. The van der Waals surface area contributed by atoms with E-state index in [2.05, 4.69) is 15.4 Å². The predicted molar refractivity (Wildman–Crippen MR) is 48.3 cm³/mol. The van der Waals surface area contributed by atoms with Crippen LogP contribution in [0.15, 0.2) is 0 Å². The van der Waals surface area contributed by atoms with E-state index in [1.165, 1.54) is 14.0 Å². The number of hydrogen-bond donors (Lipinski definition) is 2. The first kappa shape index (κ1) is 11.7. The monoisotopic (exact) mass is 188 g/mol. The fraction of sp³-hybridized carbons (Fsp3) is 0.750. The van der Waals surface area contributed by atoms with Gasteiger partial charge >= 0.3 is 6.09 Å². The third-order valence-corrected chi connectivity index (χ3v) is 1.43. The van der Waals surface area contributed by atoms with Crippen LogP contribution in [-0.2, 0) is 9.53 Å². The van der Waals surface area contributed by atoms with E-state index in [0.29, 0.717) is 13.1 Å². The zero-order valence-electron chi connectivity index (χ0n) is 8.05. The minimum Gasteiger partial charge on any atom is -0.453 e. The molecule has 0 aliphatic heterocycles. The Bertz CT molecular complexity index is 171. The van der Waals surface area contributed by atoms with Crippen molar-refractivity contribution < 1.29 is 14.3 Å². The average molecular weight is 188 g/mol. The van der Waals surface area contributed by atoms with Crippen LogP contribution in [0.4, 0.5) is 4.79 Å². The first-order chi connectivity index (χ1) is 6.16. The van der Waals surface area contributed by atoms with Gasteiger partial charge in [0.2, 0.25) is 5.91 Å². The zero-order chi connectivity index (χ0) is 10.1. The SMILES string of the molecule is COC(=O)NCCCCNC(C)=O. The lowest BCUT2D eigenvalue weighted by Gasteiger charge is -2.03. The number of hydrogen-bond acceptors (Lipinski definition) is 3. The van der Waals surface area contributed by atoms with Crippen LogP contribution in [0.2, 0.25) is 0 Å². The van der Waals surface area contributed by atoms with E-state index >= 15 is 0 Å². The van der Waals surface area contributed by atoms with Crippen molar-refractivity contribution in [1.82, 2.24) is 10.6 Å². The van der Waals surface area contributed by atoms with E-state index < -0.39 is 6.09 Å². The average Bonchev–Trinajstić information content (AvgIpc) is 2.10. The molecule has 76 valence electrons. The molecule has 0 aliphatic carbocycles. The maximum Gasteiger partial charge on any atom is 0.406 e. The predicted octanol–water partition coefficient (Wildman–Crippen LogP) is 0.259. The van der Waals surface area contributed by atoms with Crippen molar-refractivity contribution in [2.45, 2.75) is 19.8 Å². The molecule has 2 N–H and O–H groups in total. The summed E-state index contributed by atoms with van der Waals surface area (Å²) in [7, 11) is 1.33. The fourth-order valence-electron chi connectivity index (χ4n) is 0.777. The van der Waals surface area contributed by atoms with Gasteiger partial charge in [0.1, 0.15) is 0 Å². The third-order valence-electron chi connectivity index (χ3n) is 1.43. The van der Waals surface area contributed by atoms with Crippen molar-refractivity contribution in [2.24, 2.45) is 0 Å². The molecule has 0 aromatic heterocycles. The van der Waals surface area contributed by atoms with Gasteiger partial charge in [-0.3, -0.25) is 4.79 Å². The van der Waals surface area contributed by atoms with E-state index in [0.717, 1.165) is 12.8 Å². The van der Waals surface area contributed by atoms with Crippen molar-refractivity contribution >= 4 is 12.0 Å². The third kappa shape index (κ3) is 8.65. The Labute approximate surface area is 77.8 Å². The molecule has 0 radical (unpaired) electrons. The highest BCUT2D eigenvalue weighted by molar-refractivity contribution is 5.72. The summed E-state index contributed by atoms with van der Waals surface area (Å²) in [6.07, 6.45) is 1.26. The highest BCUT2D eigenvalue weighted by Crippen LogP contribution is 1.84. The minimum atomic E-state index is -0.417. The van der Waals surface area contributed by atoms with Crippen LogP contribution in [0.1, 0.15) is 19.8 Å². The second-order valence-corrected chi connectivity index (χ2v) is 2.61. The first-order valence-electron chi connectivity index (χ1n) is 4.23. The van der Waals surface area contributed by atoms with Crippen molar-refractivity contribution in [3.8, 4) is 0 Å². The Morgan fingerprint density at radius 3 is 2.15 bits per heavy atom. The molecule has 0 saturated carbocycles. The summed E-state index contributed by atoms with van der Waals surface area (Å²) in [5.74, 6) is -0.0269. The first-order valence-corrected chi connectivity index (χ1v) is 4.23. The summed E-state index contributed by atoms with van der Waals surface area (Å²) in [6.45, 7) is 2.71. The van der Waals surface area contributed by atoms with Gasteiger partial charge in [-0.2, -0.15) is 0 Å². The van der Waals surface area contributed by atoms with Gasteiger partial charge in [0, 0.05) is 20.0 Å². The van der Waals surface area contributed by atoms with Gasteiger partial charge in [0.15, 0.2) is 0 Å². The van der Waals surface area contributed by atoms with Crippen LogP contribution in [0.25, 0.3) is 0 Å². The normalized spacial score (nSPS) is 9.08.